The summed E-state index contributed by atoms with van der Waals surface area (Å²) in [5.41, 5.74) is 18.1. The number of nitrogens with zero attached hydrogens (tertiary/aromatic N) is 1. The molecular formula is C56H46BN2O2. The molecule has 0 saturated carbocycles. The van der Waals surface area contributed by atoms with Crippen molar-refractivity contribution in [3.05, 3.63) is 162 Å². The largest absolute Gasteiger partial charge is 0.449 e. The van der Waals surface area contributed by atoms with E-state index < -0.39 is 0 Å². The third-order valence-corrected chi connectivity index (χ3v) is 14.0. The van der Waals surface area contributed by atoms with Crippen LogP contribution >= 0.6 is 0 Å². The molecule has 0 bridgehead atoms. The van der Waals surface area contributed by atoms with Crippen LogP contribution in [-0.4, -0.2) is 11.8 Å². The van der Waals surface area contributed by atoms with Crippen LogP contribution in [0.4, 0.5) is 11.4 Å². The van der Waals surface area contributed by atoms with E-state index in [-0.39, 0.29) is 10.8 Å². The van der Waals surface area contributed by atoms with Crippen LogP contribution < -0.4 is 25.7 Å². The maximum atomic E-state index is 6.70. The summed E-state index contributed by atoms with van der Waals surface area (Å²) >= 11 is 0. The van der Waals surface area contributed by atoms with Crippen molar-refractivity contribution in [2.45, 2.75) is 65.2 Å². The molecule has 1 aliphatic carbocycles. The highest BCUT2D eigenvalue weighted by atomic mass is 16.6. The fourth-order valence-electron chi connectivity index (χ4n) is 10.5. The minimum Gasteiger partial charge on any atom is -0.449 e. The molecule has 0 saturated heterocycles. The highest BCUT2D eigenvalue weighted by Crippen LogP contribution is 2.52. The zero-order chi connectivity index (χ0) is 41.4. The number of fused-ring (bicyclic) bond motifs is 10. The molecule has 1 aromatic heterocycles. The van der Waals surface area contributed by atoms with Gasteiger partial charge in [-0.2, -0.15) is 0 Å². The number of hydrogen-bond donors (Lipinski definition) is 1. The van der Waals surface area contributed by atoms with Crippen LogP contribution in [0.2, 0.25) is 0 Å². The van der Waals surface area contributed by atoms with Crippen molar-refractivity contribution in [1.82, 2.24) is 4.57 Å². The molecule has 8 aromatic carbocycles. The second-order valence-electron chi connectivity index (χ2n) is 18.8. The van der Waals surface area contributed by atoms with Crippen molar-refractivity contribution >= 4 is 62.2 Å². The fraction of sp³-hybridized carbons (Fsp3) is 0.179. The van der Waals surface area contributed by atoms with Gasteiger partial charge in [-0.1, -0.05) is 130 Å². The molecule has 0 atom stereocenters. The van der Waals surface area contributed by atoms with Gasteiger partial charge in [0, 0.05) is 44.7 Å². The Kier molecular flexibility index (Phi) is 7.64. The van der Waals surface area contributed by atoms with Crippen molar-refractivity contribution < 1.29 is 9.47 Å². The van der Waals surface area contributed by atoms with Gasteiger partial charge in [-0.15, -0.1) is 0 Å². The standard InChI is InChI=1S/C56H46BN2O2/c1-32-14-7-9-16-36(32)35-27-41(52-47(28-35)59-53-37-17-10-8-15-34(37)22-23-39(53)38-18-13-19-44(57-52)54(38)59)40-29-50-51(61-49-21-12-11-20-48(49)60-50)31-46(40)58-45-30-43-42(26-33(45)2)55(3,4)24-25-56(43,5)6/h7-23,26-31,58H,24-25H2,1-6H3. The third kappa shape index (κ3) is 5.46. The number of rotatable bonds is 4. The van der Waals surface area contributed by atoms with Crippen LogP contribution in [0.3, 0.4) is 0 Å². The molecule has 0 amide bonds. The maximum absolute atomic E-state index is 6.70. The van der Waals surface area contributed by atoms with Gasteiger partial charge in [0.05, 0.1) is 11.2 Å². The van der Waals surface area contributed by atoms with Crippen molar-refractivity contribution in [2.75, 3.05) is 5.32 Å². The molecule has 2 aliphatic heterocycles. The van der Waals surface area contributed by atoms with Gasteiger partial charge in [0.1, 0.15) is 0 Å². The van der Waals surface area contributed by atoms with Gasteiger partial charge < -0.3 is 19.4 Å². The molecule has 4 nitrogen and oxygen atoms in total. The van der Waals surface area contributed by atoms with Gasteiger partial charge in [0.2, 0.25) is 0 Å². The Morgan fingerprint density at radius 3 is 1.98 bits per heavy atom. The van der Waals surface area contributed by atoms with E-state index >= 15 is 0 Å². The molecule has 1 radical (unpaired) electrons. The van der Waals surface area contributed by atoms with E-state index in [4.69, 9.17) is 9.47 Å². The Hall–Kier alpha value is -6.72. The lowest BCUT2D eigenvalue weighted by Crippen LogP contribution is -2.37. The monoisotopic (exact) mass is 789 g/mol. The van der Waals surface area contributed by atoms with Crippen molar-refractivity contribution in [3.8, 4) is 50.9 Å². The van der Waals surface area contributed by atoms with Crippen LogP contribution in [0, 0.1) is 13.8 Å². The lowest BCUT2D eigenvalue weighted by Gasteiger charge is -2.42. The number of benzene rings is 8. The van der Waals surface area contributed by atoms with E-state index in [1.54, 1.807) is 0 Å². The Balaban J connectivity index is 1.16. The summed E-state index contributed by atoms with van der Waals surface area (Å²) in [7, 11) is 2.40. The molecule has 0 fully saturated rings. The summed E-state index contributed by atoms with van der Waals surface area (Å²) in [6.45, 7) is 14.0. The van der Waals surface area contributed by atoms with E-state index in [2.05, 4.69) is 174 Å². The smallest absolute Gasteiger partial charge is 0.197 e. The third-order valence-electron chi connectivity index (χ3n) is 14.0. The Morgan fingerprint density at radius 1 is 0.525 bits per heavy atom. The highest BCUT2D eigenvalue weighted by molar-refractivity contribution is 6.73. The van der Waals surface area contributed by atoms with Crippen LogP contribution in [-0.2, 0) is 10.8 Å². The van der Waals surface area contributed by atoms with Crippen molar-refractivity contribution in [3.63, 3.8) is 0 Å². The summed E-state index contributed by atoms with van der Waals surface area (Å²) < 4.78 is 15.9. The number of hydrogen-bond acceptors (Lipinski definition) is 3. The predicted molar refractivity (Wildman–Crippen MR) is 255 cm³/mol. The quantitative estimate of drug-likeness (QED) is 0.180. The minimum atomic E-state index is 0.0622. The lowest BCUT2D eigenvalue weighted by molar-refractivity contribution is 0.332. The first-order valence-corrected chi connectivity index (χ1v) is 21.6. The highest BCUT2D eigenvalue weighted by Gasteiger charge is 2.38. The van der Waals surface area contributed by atoms with Crippen LogP contribution in [0.15, 0.2) is 140 Å². The first-order valence-electron chi connectivity index (χ1n) is 21.6. The molecule has 3 aliphatic rings. The molecule has 9 aromatic rings. The Morgan fingerprint density at radius 2 is 1.20 bits per heavy atom. The van der Waals surface area contributed by atoms with Crippen LogP contribution in [0.25, 0.3) is 60.5 Å². The van der Waals surface area contributed by atoms with E-state index in [0.29, 0.717) is 23.0 Å². The van der Waals surface area contributed by atoms with E-state index in [9.17, 15) is 0 Å². The summed E-state index contributed by atoms with van der Waals surface area (Å²) in [6.07, 6.45) is 2.32. The average Bonchev–Trinajstić information content (AvgIpc) is 3.61. The first-order chi connectivity index (χ1) is 29.5. The topological polar surface area (TPSA) is 35.4 Å². The van der Waals surface area contributed by atoms with Gasteiger partial charge >= 0.3 is 0 Å². The summed E-state index contributed by atoms with van der Waals surface area (Å²) in [4.78, 5) is 0. The van der Waals surface area contributed by atoms with Crippen LogP contribution in [0.1, 0.15) is 62.8 Å². The molecule has 0 unspecified atom stereocenters. The SMILES string of the molecule is Cc1cc2c(cc1Nc1cc3c(cc1-c1cc(-c4ccccc4C)cc4c1[B]c1cccc5c6ccc7ccccc7c6n-4c15)Oc1ccccc1O3)C(C)(C)CCC2(C)C. The second kappa shape index (κ2) is 12.9. The van der Waals surface area contributed by atoms with Crippen molar-refractivity contribution in [2.24, 2.45) is 0 Å². The zero-order valence-electron chi connectivity index (χ0n) is 35.5. The number of aryl methyl sites for hydroxylation is 2. The lowest BCUT2D eigenvalue weighted by atomic mass is 9.58. The predicted octanol–water partition coefficient (Wildman–Crippen LogP) is 13.8. The summed E-state index contributed by atoms with van der Waals surface area (Å²) in [5.74, 6) is 2.80. The fourth-order valence-corrected chi connectivity index (χ4v) is 10.5. The average molecular weight is 790 g/mol. The number of ether oxygens (including phenoxy) is 2. The molecule has 61 heavy (non-hydrogen) atoms. The van der Waals surface area contributed by atoms with Gasteiger partial charge in [-0.3, -0.25) is 0 Å². The molecule has 5 heteroatoms. The van der Waals surface area contributed by atoms with Crippen molar-refractivity contribution in [1.29, 1.82) is 0 Å². The molecule has 1 N–H and O–H groups in total. The number of aromatic nitrogens is 1. The molecular weight excluding hydrogens is 743 g/mol. The van der Waals surface area contributed by atoms with Gasteiger partial charge in [-0.05, 0) is 124 Å². The van der Waals surface area contributed by atoms with Crippen LogP contribution in [0.5, 0.6) is 23.0 Å². The number of para-hydroxylation sites is 3. The minimum absolute atomic E-state index is 0.0622. The first kappa shape index (κ1) is 36.2. The summed E-state index contributed by atoms with van der Waals surface area (Å²) in [6, 6.07) is 50.8. The maximum Gasteiger partial charge on any atom is 0.197 e. The van der Waals surface area contributed by atoms with E-state index in [1.807, 2.05) is 24.3 Å². The normalized spacial score (nSPS) is 15.2. The summed E-state index contributed by atoms with van der Waals surface area (Å²) in [5, 5.41) is 9.03. The Bertz CT molecular complexity index is 3350. The van der Waals surface area contributed by atoms with Gasteiger partial charge in [-0.25, -0.2) is 0 Å². The van der Waals surface area contributed by atoms with E-state index in [0.717, 1.165) is 45.6 Å². The zero-order valence-corrected chi connectivity index (χ0v) is 35.5. The van der Waals surface area contributed by atoms with Gasteiger partial charge in [0.25, 0.3) is 0 Å². The molecule has 295 valence electrons. The molecule has 12 rings (SSSR count). The number of nitrogens with one attached hydrogen (secondary N) is 1. The van der Waals surface area contributed by atoms with E-state index in [1.165, 1.54) is 72.3 Å². The molecule has 3 heterocycles. The van der Waals surface area contributed by atoms with Gasteiger partial charge in [0.15, 0.2) is 30.3 Å². The Labute approximate surface area is 358 Å². The second-order valence-corrected chi connectivity index (χ2v) is 18.8. The number of anilines is 2. The molecule has 0 spiro atoms.